The first-order chi connectivity index (χ1) is 12.5. The summed E-state index contributed by atoms with van der Waals surface area (Å²) in [5, 5.41) is 6.93. The highest BCUT2D eigenvalue weighted by atomic mass is 32.1. The number of anilines is 1. The maximum atomic E-state index is 5.84. The minimum Gasteiger partial charge on any atom is -0.491 e. The Balaban J connectivity index is 1.81. The van der Waals surface area contributed by atoms with E-state index < -0.39 is 0 Å². The minimum absolute atomic E-state index is 0.0665. The molecule has 2 rings (SSSR count). The van der Waals surface area contributed by atoms with Crippen molar-refractivity contribution in [2.45, 2.75) is 26.8 Å². The number of hydrogen-bond acceptors (Lipinski definition) is 3. The van der Waals surface area contributed by atoms with Gasteiger partial charge in [-0.25, -0.2) is 0 Å². The van der Waals surface area contributed by atoms with Gasteiger partial charge in [-0.2, -0.15) is 0 Å². The third kappa shape index (κ3) is 6.41. The van der Waals surface area contributed by atoms with E-state index in [4.69, 9.17) is 21.7 Å². The first kappa shape index (κ1) is 19.8. The second kappa shape index (κ2) is 9.82. The van der Waals surface area contributed by atoms with Crippen LogP contribution in [0.2, 0.25) is 0 Å². The molecule has 0 amide bonds. The Hall–Kier alpha value is -2.53. The second-order valence-electron chi connectivity index (χ2n) is 6.18. The van der Waals surface area contributed by atoms with E-state index in [0.29, 0.717) is 18.3 Å². The van der Waals surface area contributed by atoms with Crippen molar-refractivity contribution in [1.29, 1.82) is 0 Å². The summed E-state index contributed by atoms with van der Waals surface area (Å²) in [5.74, 6) is 1.64. The standard InChI is InChI=1S/C21H26N2O2S/c1-5-11-24-19-8-6-7-18(13-19)23-21(26)22-17(4)14-25-20-10-9-15(2)16(3)12-20/h5-10,12-13,17H,1,11,14H2,2-4H3,(H2,22,23,26)/t17-/m1/s1. The summed E-state index contributed by atoms with van der Waals surface area (Å²) < 4.78 is 11.4. The van der Waals surface area contributed by atoms with Crippen LogP contribution in [-0.2, 0) is 0 Å². The Morgan fingerprint density at radius 3 is 2.62 bits per heavy atom. The smallest absolute Gasteiger partial charge is 0.171 e. The lowest BCUT2D eigenvalue weighted by Gasteiger charge is -2.18. The van der Waals surface area contributed by atoms with E-state index in [0.717, 1.165) is 17.2 Å². The van der Waals surface area contributed by atoms with Gasteiger partial charge in [-0.05, 0) is 68.4 Å². The molecule has 2 aromatic rings. The van der Waals surface area contributed by atoms with E-state index in [2.05, 4.69) is 37.1 Å². The van der Waals surface area contributed by atoms with E-state index >= 15 is 0 Å². The van der Waals surface area contributed by atoms with Gasteiger partial charge in [-0.3, -0.25) is 0 Å². The molecule has 0 aliphatic heterocycles. The highest BCUT2D eigenvalue weighted by Crippen LogP contribution is 2.18. The minimum atomic E-state index is 0.0665. The van der Waals surface area contributed by atoms with E-state index in [-0.39, 0.29) is 6.04 Å². The topological polar surface area (TPSA) is 42.5 Å². The molecule has 0 saturated heterocycles. The van der Waals surface area contributed by atoms with Gasteiger partial charge in [0.2, 0.25) is 0 Å². The van der Waals surface area contributed by atoms with Crippen molar-refractivity contribution in [3.63, 3.8) is 0 Å². The van der Waals surface area contributed by atoms with Gasteiger partial charge in [0.1, 0.15) is 24.7 Å². The second-order valence-corrected chi connectivity index (χ2v) is 6.59. The van der Waals surface area contributed by atoms with Gasteiger partial charge in [-0.15, -0.1) is 0 Å². The highest BCUT2D eigenvalue weighted by Gasteiger charge is 2.07. The molecule has 0 spiro atoms. The molecule has 0 fully saturated rings. The van der Waals surface area contributed by atoms with Gasteiger partial charge < -0.3 is 20.1 Å². The van der Waals surface area contributed by atoms with Crippen molar-refractivity contribution in [3.05, 3.63) is 66.2 Å². The quantitative estimate of drug-likeness (QED) is 0.524. The Morgan fingerprint density at radius 2 is 1.88 bits per heavy atom. The third-order valence-electron chi connectivity index (χ3n) is 3.82. The zero-order valence-electron chi connectivity index (χ0n) is 15.5. The summed E-state index contributed by atoms with van der Waals surface area (Å²) in [5.41, 5.74) is 3.35. The van der Waals surface area contributed by atoms with Gasteiger partial charge in [0.05, 0.1) is 6.04 Å². The normalized spacial score (nSPS) is 11.3. The molecule has 0 heterocycles. The number of nitrogens with one attached hydrogen (secondary N) is 2. The summed E-state index contributed by atoms with van der Waals surface area (Å²) in [6.45, 7) is 10.8. The number of aryl methyl sites for hydroxylation is 2. The van der Waals surface area contributed by atoms with Gasteiger partial charge in [-0.1, -0.05) is 24.8 Å². The van der Waals surface area contributed by atoms with Crippen molar-refractivity contribution in [3.8, 4) is 11.5 Å². The summed E-state index contributed by atoms with van der Waals surface area (Å²) in [6, 6.07) is 13.8. The molecule has 0 bridgehead atoms. The fraction of sp³-hybridized carbons (Fsp3) is 0.286. The maximum absolute atomic E-state index is 5.84. The number of thiocarbonyl (C=S) groups is 1. The molecule has 0 aliphatic carbocycles. The molecule has 2 N–H and O–H groups in total. The van der Waals surface area contributed by atoms with Crippen molar-refractivity contribution in [2.24, 2.45) is 0 Å². The van der Waals surface area contributed by atoms with Crippen LogP contribution >= 0.6 is 12.2 Å². The molecule has 0 aromatic heterocycles. The molecule has 0 radical (unpaired) electrons. The van der Waals surface area contributed by atoms with Gasteiger partial charge in [0.15, 0.2) is 5.11 Å². The zero-order valence-corrected chi connectivity index (χ0v) is 16.4. The predicted molar refractivity (Wildman–Crippen MR) is 112 cm³/mol. The number of hydrogen-bond donors (Lipinski definition) is 2. The van der Waals surface area contributed by atoms with E-state index in [9.17, 15) is 0 Å². The lowest BCUT2D eigenvalue weighted by molar-refractivity contribution is 0.287. The van der Waals surface area contributed by atoms with Gasteiger partial charge in [0.25, 0.3) is 0 Å². The van der Waals surface area contributed by atoms with Crippen LogP contribution in [0.25, 0.3) is 0 Å². The highest BCUT2D eigenvalue weighted by molar-refractivity contribution is 7.80. The molecule has 26 heavy (non-hydrogen) atoms. The van der Waals surface area contributed by atoms with Crippen LogP contribution in [0.4, 0.5) is 5.69 Å². The molecular formula is C21H26N2O2S. The lowest BCUT2D eigenvalue weighted by Crippen LogP contribution is -2.39. The van der Waals surface area contributed by atoms with Gasteiger partial charge >= 0.3 is 0 Å². The molecule has 0 aliphatic rings. The van der Waals surface area contributed by atoms with Crippen LogP contribution in [-0.4, -0.2) is 24.4 Å². The monoisotopic (exact) mass is 370 g/mol. The molecule has 5 heteroatoms. The van der Waals surface area contributed by atoms with E-state index in [1.165, 1.54) is 11.1 Å². The van der Waals surface area contributed by atoms with E-state index in [1.54, 1.807) is 6.08 Å². The van der Waals surface area contributed by atoms with E-state index in [1.807, 2.05) is 43.3 Å². The lowest BCUT2D eigenvalue weighted by atomic mass is 10.1. The van der Waals surface area contributed by atoms with Crippen LogP contribution in [0.3, 0.4) is 0 Å². The zero-order chi connectivity index (χ0) is 18.9. The van der Waals surface area contributed by atoms with Crippen LogP contribution in [0, 0.1) is 13.8 Å². The summed E-state index contributed by atoms with van der Waals surface area (Å²) in [4.78, 5) is 0. The molecule has 0 saturated carbocycles. The summed E-state index contributed by atoms with van der Waals surface area (Å²) in [6.07, 6.45) is 1.71. The Morgan fingerprint density at radius 1 is 1.12 bits per heavy atom. The van der Waals surface area contributed by atoms with Crippen molar-refractivity contribution in [1.82, 2.24) is 5.32 Å². The summed E-state index contributed by atoms with van der Waals surface area (Å²) >= 11 is 5.38. The van der Waals surface area contributed by atoms with Crippen LogP contribution in [0.5, 0.6) is 11.5 Å². The average Bonchev–Trinajstić information content (AvgIpc) is 2.61. The molecule has 1 atom stereocenters. The number of benzene rings is 2. The Labute approximate surface area is 161 Å². The average molecular weight is 371 g/mol. The van der Waals surface area contributed by atoms with Crippen LogP contribution in [0.15, 0.2) is 55.1 Å². The fourth-order valence-electron chi connectivity index (χ4n) is 2.28. The molecule has 0 unspecified atom stereocenters. The molecule has 138 valence electrons. The van der Waals surface area contributed by atoms with Crippen molar-refractivity contribution in [2.75, 3.05) is 18.5 Å². The van der Waals surface area contributed by atoms with Crippen LogP contribution in [0.1, 0.15) is 18.1 Å². The molecular weight excluding hydrogens is 344 g/mol. The van der Waals surface area contributed by atoms with Crippen molar-refractivity contribution < 1.29 is 9.47 Å². The summed E-state index contributed by atoms with van der Waals surface area (Å²) in [7, 11) is 0. The Kier molecular flexibility index (Phi) is 7.48. The number of rotatable bonds is 8. The molecule has 4 nitrogen and oxygen atoms in total. The maximum Gasteiger partial charge on any atom is 0.171 e. The third-order valence-corrected chi connectivity index (χ3v) is 4.04. The number of ether oxygens (including phenoxy) is 2. The van der Waals surface area contributed by atoms with Gasteiger partial charge in [0, 0.05) is 11.8 Å². The van der Waals surface area contributed by atoms with Crippen molar-refractivity contribution >= 4 is 23.0 Å². The fourth-order valence-corrected chi connectivity index (χ4v) is 2.60. The predicted octanol–water partition coefficient (Wildman–Crippen LogP) is 4.62. The molecule has 2 aromatic carbocycles. The first-order valence-corrected chi connectivity index (χ1v) is 9.00. The Bertz CT molecular complexity index is 761. The SMILES string of the molecule is C=CCOc1cccc(NC(=S)N[C@H](C)COc2ccc(C)c(C)c2)c1. The first-order valence-electron chi connectivity index (χ1n) is 8.59. The largest absolute Gasteiger partial charge is 0.491 e. The van der Waals surface area contributed by atoms with Crippen LogP contribution < -0.4 is 20.1 Å².